The second-order valence-corrected chi connectivity index (χ2v) is 7.74. The molecule has 2 aromatic rings. The van der Waals surface area contributed by atoms with E-state index in [1.54, 1.807) is 24.3 Å². The maximum Gasteiger partial charge on any atom is 0.279 e. The highest BCUT2D eigenvalue weighted by Crippen LogP contribution is 2.32. The minimum Gasteiger partial charge on any atom is -0.494 e. The Kier molecular flexibility index (Phi) is 6.34. The Hall–Kier alpha value is -2.54. The smallest absolute Gasteiger partial charge is 0.279 e. The summed E-state index contributed by atoms with van der Waals surface area (Å²) in [5, 5.41) is 0. The third-order valence-electron chi connectivity index (χ3n) is 4.37. The molecule has 0 saturated carbocycles. The van der Waals surface area contributed by atoms with Crippen molar-refractivity contribution < 1.29 is 19.1 Å². The molecule has 6 nitrogen and oxygen atoms in total. The number of aryl methyl sites for hydroxylation is 1. The monoisotopic (exact) mass is 388 g/mol. The highest BCUT2D eigenvalue weighted by atomic mass is 32.1. The molecular formula is C20H24N2O4S. The number of carbonyl (C=O) groups is 2. The number of thiophene rings is 1. The lowest BCUT2D eigenvalue weighted by molar-refractivity contribution is -0.123. The molecule has 1 aromatic heterocycles. The predicted molar refractivity (Wildman–Crippen MR) is 104 cm³/mol. The van der Waals surface area contributed by atoms with E-state index in [2.05, 4.69) is 17.8 Å². The quantitative estimate of drug-likeness (QED) is 0.746. The molecular weight excluding hydrogens is 364 g/mol. The highest BCUT2D eigenvalue weighted by molar-refractivity contribution is 7.14. The first-order valence-corrected chi connectivity index (χ1v) is 9.93. The normalized spacial score (nSPS) is 15.6. The first-order chi connectivity index (χ1) is 13.0. The van der Waals surface area contributed by atoms with Gasteiger partial charge in [-0.05, 0) is 68.0 Å². The third kappa shape index (κ3) is 5.23. The van der Waals surface area contributed by atoms with Gasteiger partial charge in [-0.3, -0.25) is 20.4 Å². The fourth-order valence-corrected chi connectivity index (χ4v) is 4.09. The summed E-state index contributed by atoms with van der Waals surface area (Å²) in [5.41, 5.74) is 6.10. The van der Waals surface area contributed by atoms with Crippen LogP contribution in [-0.2, 0) is 17.6 Å². The number of hydrogen-bond donors (Lipinski definition) is 2. The Labute approximate surface area is 162 Å². The van der Waals surface area contributed by atoms with E-state index in [-0.39, 0.29) is 12.5 Å². The van der Waals surface area contributed by atoms with E-state index in [9.17, 15) is 9.59 Å². The van der Waals surface area contributed by atoms with Gasteiger partial charge in [0.15, 0.2) is 6.61 Å². The molecule has 2 N–H and O–H groups in total. The fourth-order valence-electron chi connectivity index (χ4n) is 2.99. The molecule has 0 bridgehead atoms. The second-order valence-electron chi connectivity index (χ2n) is 6.60. The van der Waals surface area contributed by atoms with Crippen molar-refractivity contribution in [2.45, 2.75) is 33.1 Å². The molecule has 0 fully saturated rings. The van der Waals surface area contributed by atoms with Crippen LogP contribution < -0.4 is 20.3 Å². The summed E-state index contributed by atoms with van der Waals surface area (Å²) in [6.07, 6.45) is 3.20. The maximum absolute atomic E-state index is 12.3. The summed E-state index contributed by atoms with van der Waals surface area (Å²) in [5.74, 6) is 1.24. The van der Waals surface area contributed by atoms with E-state index >= 15 is 0 Å². The van der Waals surface area contributed by atoms with Crippen LogP contribution in [-0.4, -0.2) is 25.0 Å². The average Bonchev–Trinajstić information content (AvgIpc) is 3.09. The van der Waals surface area contributed by atoms with Crippen LogP contribution in [0.5, 0.6) is 11.5 Å². The lowest BCUT2D eigenvalue weighted by Crippen LogP contribution is -2.43. The van der Waals surface area contributed by atoms with Gasteiger partial charge in [-0.25, -0.2) is 0 Å². The Morgan fingerprint density at radius 2 is 1.85 bits per heavy atom. The summed E-state index contributed by atoms with van der Waals surface area (Å²) in [4.78, 5) is 26.0. The number of rotatable bonds is 6. The number of amides is 2. The first-order valence-electron chi connectivity index (χ1n) is 9.11. The van der Waals surface area contributed by atoms with Gasteiger partial charge in [-0.15, -0.1) is 11.3 Å². The summed E-state index contributed by atoms with van der Waals surface area (Å²) < 4.78 is 10.7. The summed E-state index contributed by atoms with van der Waals surface area (Å²) in [6.45, 7) is 4.54. The lowest BCUT2D eigenvalue weighted by Gasteiger charge is -2.16. The predicted octanol–water partition coefficient (Wildman–Crippen LogP) is 3.11. The molecule has 0 aliphatic heterocycles. The summed E-state index contributed by atoms with van der Waals surface area (Å²) in [7, 11) is 0. The van der Waals surface area contributed by atoms with Crippen LogP contribution in [0.1, 0.15) is 40.4 Å². The molecule has 1 aliphatic rings. The van der Waals surface area contributed by atoms with Gasteiger partial charge >= 0.3 is 0 Å². The number of fused-ring (bicyclic) bond motifs is 1. The van der Waals surface area contributed by atoms with Gasteiger partial charge in [-0.1, -0.05) is 6.92 Å². The zero-order chi connectivity index (χ0) is 19.2. The molecule has 1 heterocycles. The Bertz CT molecular complexity index is 801. The third-order valence-corrected chi connectivity index (χ3v) is 5.61. The zero-order valence-electron chi connectivity index (χ0n) is 15.5. The fraction of sp³-hybridized carbons (Fsp3) is 0.400. The van der Waals surface area contributed by atoms with Crippen LogP contribution in [0, 0.1) is 5.92 Å². The van der Waals surface area contributed by atoms with E-state index in [0.29, 0.717) is 23.2 Å². The Morgan fingerprint density at radius 3 is 2.56 bits per heavy atom. The maximum atomic E-state index is 12.3. The van der Waals surface area contributed by atoms with Crippen molar-refractivity contribution in [1.29, 1.82) is 0 Å². The first kappa shape index (κ1) is 19.2. The molecule has 1 aliphatic carbocycles. The van der Waals surface area contributed by atoms with Crippen molar-refractivity contribution in [2.24, 2.45) is 5.92 Å². The van der Waals surface area contributed by atoms with Gasteiger partial charge in [0.2, 0.25) is 0 Å². The van der Waals surface area contributed by atoms with Gasteiger partial charge in [0, 0.05) is 4.88 Å². The van der Waals surface area contributed by atoms with Crippen molar-refractivity contribution in [3.05, 3.63) is 45.6 Å². The molecule has 7 heteroatoms. The van der Waals surface area contributed by atoms with Crippen LogP contribution in [0.4, 0.5) is 0 Å². The van der Waals surface area contributed by atoms with E-state index in [1.807, 2.05) is 13.0 Å². The molecule has 2 amide bonds. The van der Waals surface area contributed by atoms with Gasteiger partial charge in [-0.2, -0.15) is 0 Å². The summed E-state index contributed by atoms with van der Waals surface area (Å²) in [6, 6.07) is 8.95. The number of nitrogens with one attached hydrogen (secondary N) is 2. The van der Waals surface area contributed by atoms with Crippen LogP contribution in [0.25, 0.3) is 0 Å². The van der Waals surface area contributed by atoms with Crippen molar-refractivity contribution in [2.75, 3.05) is 13.2 Å². The molecule has 1 atom stereocenters. The Balaban J connectivity index is 1.44. The standard InChI is InChI=1S/C20H24N2O4S/c1-3-25-15-5-7-16(8-6-15)26-12-19(23)21-22-20(24)18-11-14-10-13(2)4-9-17(14)27-18/h5-8,11,13H,3-4,9-10,12H2,1-2H3,(H,21,23)(H,22,24)/t13-/m0/s1. The molecule has 3 rings (SSSR count). The molecule has 27 heavy (non-hydrogen) atoms. The van der Waals surface area contributed by atoms with Crippen molar-refractivity contribution in [3.63, 3.8) is 0 Å². The molecule has 0 unspecified atom stereocenters. The van der Waals surface area contributed by atoms with Gasteiger partial charge in [0.1, 0.15) is 11.5 Å². The van der Waals surface area contributed by atoms with Gasteiger partial charge < -0.3 is 9.47 Å². The van der Waals surface area contributed by atoms with E-state index in [1.165, 1.54) is 21.8 Å². The average molecular weight is 388 g/mol. The Morgan fingerprint density at radius 1 is 1.15 bits per heavy atom. The molecule has 0 radical (unpaired) electrons. The topological polar surface area (TPSA) is 76.7 Å². The van der Waals surface area contributed by atoms with E-state index < -0.39 is 5.91 Å². The SMILES string of the molecule is CCOc1ccc(OCC(=O)NNC(=O)c2cc3c(s2)CC[C@H](C)C3)cc1. The number of ether oxygens (including phenoxy) is 2. The second kappa shape index (κ2) is 8.90. The van der Waals surface area contributed by atoms with Crippen LogP contribution in [0.3, 0.4) is 0 Å². The number of benzene rings is 1. The number of hydrazine groups is 1. The van der Waals surface area contributed by atoms with Crippen LogP contribution in [0.15, 0.2) is 30.3 Å². The van der Waals surface area contributed by atoms with Crippen molar-refractivity contribution in [1.82, 2.24) is 10.9 Å². The van der Waals surface area contributed by atoms with E-state index in [4.69, 9.17) is 9.47 Å². The van der Waals surface area contributed by atoms with Crippen molar-refractivity contribution in [3.8, 4) is 11.5 Å². The lowest BCUT2D eigenvalue weighted by atomic mass is 9.90. The van der Waals surface area contributed by atoms with Crippen molar-refractivity contribution >= 4 is 23.2 Å². The summed E-state index contributed by atoms with van der Waals surface area (Å²) >= 11 is 1.51. The van der Waals surface area contributed by atoms with Gasteiger partial charge in [0.25, 0.3) is 11.8 Å². The number of hydrogen-bond acceptors (Lipinski definition) is 5. The molecule has 1 aromatic carbocycles. The minimum absolute atomic E-state index is 0.188. The highest BCUT2D eigenvalue weighted by Gasteiger charge is 2.20. The van der Waals surface area contributed by atoms with Gasteiger partial charge in [0.05, 0.1) is 11.5 Å². The minimum atomic E-state index is -0.424. The molecule has 0 saturated heterocycles. The van der Waals surface area contributed by atoms with E-state index in [0.717, 1.165) is 25.0 Å². The zero-order valence-corrected chi connectivity index (χ0v) is 16.4. The molecule has 144 valence electrons. The van der Waals surface area contributed by atoms with Crippen LogP contribution >= 0.6 is 11.3 Å². The number of carbonyl (C=O) groups excluding carboxylic acids is 2. The largest absolute Gasteiger partial charge is 0.494 e. The van der Waals surface area contributed by atoms with Crippen LogP contribution in [0.2, 0.25) is 0 Å². The molecule has 0 spiro atoms.